The van der Waals surface area contributed by atoms with E-state index in [0.717, 1.165) is 11.4 Å². The third-order valence-corrected chi connectivity index (χ3v) is 3.87. The number of nitrogens with zero attached hydrogens (tertiary/aromatic N) is 1. The molecule has 0 aliphatic carbocycles. The molecule has 5 nitrogen and oxygen atoms in total. The molecule has 21 heavy (non-hydrogen) atoms. The Balaban J connectivity index is 2.22. The van der Waals surface area contributed by atoms with Crippen LogP contribution in [0.1, 0.15) is 26.5 Å². The van der Waals surface area contributed by atoms with Crippen molar-refractivity contribution < 1.29 is 14.6 Å². The molecule has 0 fully saturated rings. The largest absolute Gasteiger partial charge is 0.492 e. The van der Waals surface area contributed by atoms with Crippen molar-refractivity contribution in [3.8, 4) is 5.75 Å². The minimum Gasteiger partial charge on any atom is -0.492 e. The fourth-order valence-corrected chi connectivity index (χ4v) is 2.58. The minimum atomic E-state index is -1.00. The van der Waals surface area contributed by atoms with E-state index in [1.54, 1.807) is 19.2 Å². The van der Waals surface area contributed by atoms with Gasteiger partial charge in [0, 0.05) is 5.38 Å². The van der Waals surface area contributed by atoms with Gasteiger partial charge in [0.05, 0.1) is 18.0 Å². The summed E-state index contributed by atoms with van der Waals surface area (Å²) in [6.45, 7) is 5.78. The molecular formula is C15H18N2O3S. The third-order valence-electron chi connectivity index (χ3n) is 3.11. The maximum absolute atomic E-state index is 11.3. The third kappa shape index (κ3) is 3.33. The lowest BCUT2D eigenvalue weighted by Crippen LogP contribution is -2.28. The summed E-state index contributed by atoms with van der Waals surface area (Å²) < 4.78 is 5.54. The lowest BCUT2D eigenvalue weighted by molar-refractivity contribution is -0.142. The normalized spacial score (nSPS) is 11.2. The van der Waals surface area contributed by atoms with Crippen molar-refractivity contribution in [2.45, 2.75) is 26.2 Å². The highest BCUT2D eigenvalue weighted by molar-refractivity contribution is 7.13. The molecule has 1 heterocycles. The number of carboxylic acid groups (broad SMARTS) is 1. The fourth-order valence-electron chi connectivity index (χ4n) is 1.69. The molecule has 0 unspecified atom stereocenters. The Labute approximate surface area is 127 Å². The minimum absolute atomic E-state index is 0.538. The van der Waals surface area contributed by atoms with Crippen LogP contribution in [0.3, 0.4) is 0 Å². The Morgan fingerprint density at radius 1 is 1.43 bits per heavy atom. The SMILES string of the molecule is CCOc1ccccc1Nc1nc(C(C)(C)C(=O)O)cs1. The van der Waals surface area contributed by atoms with Crippen LogP contribution in [0.4, 0.5) is 10.8 Å². The number of carbonyl (C=O) groups is 1. The standard InChI is InChI=1S/C15H18N2O3S/c1-4-20-11-8-6-5-7-10(11)16-14-17-12(9-21-14)15(2,3)13(18)19/h5-9H,4H2,1-3H3,(H,16,17)(H,18,19). The Bertz CT molecular complexity index is 637. The van der Waals surface area contributed by atoms with E-state index < -0.39 is 11.4 Å². The topological polar surface area (TPSA) is 71.5 Å². The summed E-state index contributed by atoms with van der Waals surface area (Å²) in [4.78, 5) is 15.6. The number of aliphatic carboxylic acids is 1. The van der Waals surface area contributed by atoms with Gasteiger partial charge in [0.1, 0.15) is 11.2 Å². The first-order valence-electron chi connectivity index (χ1n) is 6.63. The van der Waals surface area contributed by atoms with Gasteiger partial charge in [-0.2, -0.15) is 0 Å². The van der Waals surface area contributed by atoms with E-state index in [4.69, 9.17) is 4.74 Å². The summed E-state index contributed by atoms with van der Waals surface area (Å²) in [6.07, 6.45) is 0. The van der Waals surface area contributed by atoms with Gasteiger partial charge < -0.3 is 15.2 Å². The highest BCUT2D eigenvalue weighted by Gasteiger charge is 2.32. The predicted molar refractivity (Wildman–Crippen MR) is 83.7 cm³/mol. The van der Waals surface area contributed by atoms with Crippen LogP contribution >= 0.6 is 11.3 Å². The van der Waals surface area contributed by atoms with E-state index in [9.17, 15) is 9.90 Å². The number of benzene rings is 1. The summed E-state index contributed by atoms with van der Waals surface area (Å²) in [5.41, 5.74) is 0.348. The second kappa shape index (κ2) is 6.13. The molecule has 0 spiro atoms. The number of aromatic nitrogens is 1. The van der Waals surface area contributed by atoms with Crippen molar-refractivity contribution in [2.24, 2.45) is 0 Å². The Morgan fingerprint density at radius 3 is 2.81 bits per heavy atom. The number of nitrogens with one attached hydrogen (secondary N) is 1. The first kappa shape index (κ1) is 15.3. The molecule has 0 aliphatic heterocycles. The van der Waals surface area contributed by atoms with Crippen molar-refractivity contribution in [1.82, 2.24) is 4.98 Å². The second-order valence-corrected chi connectivity index (χ2v) is 5.88. The van der Waals surface area contributed by atoms with Crippen molar-refractivity contribution >= 4 is 28.1 Å². The number of carboxylic acids is 1. The molecule has 0 atom stereocenters. The van der Waals surface area contributed by atoms with Crippen LogP contribution in [0, 0.1) is 0 Å². The molecule has 1 aromatic carbocycles. The van der Waals surface area contributed by atoms with E-state index in [2.05, 4.69) is 10.3 Å². The monoisotopic (exact) mass is 306 g/mol. The van der Waals surface area contributed by atoms with Gasteiger partial charge in [-0.15, -0.1) is 11.3 Å². The predicted octanol–water partition coefficient (Wildman–Crippen LogP) is 3.65. The molecule has 2 rings (SSSR count). The van der Waals surface area contributed by atoms with Gasteiger partial charge in [-0.3, -0.25) is 4.79 Å². The number of hydrogen-bond donors (Lipinski definition) is 2. The molecule has 0 amide bonds. The van der Waals surface area contributed by atoms with E-state index in [1.807, 2.05) is 31.2 Å². The Hall–Kier alpha value is -2.08. The smallest absolute Gasteiger partial charge is 0.315 e. The van der Waals surface area contributed by atoms with E-state index in [0.29, 0.717) is 17.4 Å². The number of para-hydroxylation sites is 2. The summed E-state index contributed by atoms with van der Waals surface area (Å²) >= 11 is 1.37. The van der Waals surface area contributed by atoms with Gasteiger partial charge in [-0.05, 0) is 32.9 Å². The zero-order chi connectivity index (χ0) is 15.5. The molecule has 0 aliphatic rings. The van der Waals surface area contributed by atoms with Gasteiger partial charge in [0.2, 0.25) is 0 Å². The summed E-state index contributed by atoms with van der Waals surface area (Å²) in [5, 5.41) is 14.8. The first-order chi connectivity index (χ1) is 9.95. The van der Waals surface area contributed by atoms with Crippen LogP contribution in [-0.4, -0.2) is 22.7 Å². The molecule has 6 heteroatoms. The lowest BCUT2D eigenvalue weighted by atomic mass is 9.90. The average Bonchev–Trinajstić information content (AvgIpc) is 2.90. The van der Waals surface area contributed by atoms with E-state index >= 15 is 0 Å². The van der Waals surface area contributed by atoms with Crippen LogP contribution in [0.25, 0.3) is 0 Å². The molecule has 112 valence electrons. The highest BCUT2D eigenvalue weighted by atomic mass is 32.1. The van der Waals surface area contributed by atoms with Gasteiger partial charge in [-0.1, -0.05) is 12.1 Å². The highest BCUT2D eigenvalue weighted by Crippen LogP contribution is 2.32. The van der Waals surface area contributed by atoms with Crippen molar-refractivity contribution in [2.75, 3.05) is 11.9 Å². The van der Waals surface area contributed by atoms with E-state index in [-0.39, 0.29) is 0 Å². The number of ether oxygens (including phenoxy) is 1. The lowest BCUT2D eigenvalue weighted by Gasteiger charge is -2.15. The maximum Gasteiger partial charge on any atom is 0.315 e. The number of hydrogen-bond acceptors (Lipinski definition) is 5. The average molecular weight is 306 g/mol. The van der Waals surface area contributed by atoms with Gasteiger partial charge in [0.25, 0.3) is 0 Å². The van der Waals surface area contributed by atoms with Crippen molar-refractivity contribution in [3.63, 3.8) is 0 Å². The number of anilines is 2. The van der Waals surface area contributed by atoms with Gasteiger partial charge >= 0.3 is 5.97 Å². The van der Waals surface area contributed by atoms with E-state index in [1.165, 1.54) is 11.3 Å². The Kier molecular flexibility index (Phi) is 4.47. The summed E-state index contributed by atoms with van der Waals surface area (Å²) in [7, 11) is 0. The Morgan fingerprint density at radius 2 is 2.14 bits per heavy atom. The second-order valence-electron chi connectivity index (χ2n) is 5.02. The van der Waals surface area contributed by atoms with Crippen molar-refractivity contribution in [3.05, 3.63) is 35.3 Å². The number of rotatable bonds is 6. The van der Waals surface area contributed by atoms with Gasteiger partial charge in [0.15, 0.2) is 5.13 Å². The maximum atomic E-state index is 11.3. The van der Waals surface area contributed by atoms with Gasteiger partial charge in [-0.25, -0.2) is 4.98 Å². The van der Waals surface area contributed by atoms with Crippen LogP contribution in [-0.2, 0) is 10.2 Å². The summed E-state index contributed by atoms with van der Waals surface area (Å²) in [5.74, 6) is -0.150. The molecule has 0 saturated heterocycles. The molecule has 2 aromatic rings. The quantitative estimate of drug-likeness (QED) is 0.852. The molecule has 2 N–H and O–H groups in total. The molecule has 0 saturated carbocycles. The molecular weight excluding hydrogens is 288 g/mol. The zero-order valence-corrected chi connectivity index (χ0v) is 13.0. The molecule has 0 bridgehead atoms. The fraction of sp³-hybridized carbons (Fsp3) is 0.333. The summed E-state index contributed by atoms with van der Waals surface area (Å²) in [6, 6.07) is 7.58. The zero-order valence-electron chi connectivity index (χ0n) is 12.2. The van der Waals surface area contributed by atoms with Crippen LogP contribution in [0.5, 0.6) is 5.75 Å². The number of thiazole rings is 1. The molecule has 1 aromatic heterocycles. The van der Waals surface area contributed by atoms with Crippen LogP contribution in [0.2, 0.25) is 0 Å². The van der Waals surface area contributed by atoms with Crippen LogP contribution < -0.4 is 10.1 Å². The first-order valence-corrected chi connectivity index (χ1v) is 7.51. The molecule has 0 radical (unpaired) electrons. The van der Waals surface area contributed by atoms with Crippen molar-refractivity contribution in [1.29, 1.82) is 0 Å². The van der Waals surface area contributed by atoms with Crippen LogP contribution in [0.15, 0.2) is 29.6 Å².